The topological polar surface area (TPSA) is 97.7 Å². The van der Waals surface area contributed by atoms with Crippen molar-refractivity contribution in [1.29, 1.82) is 0 Å². The van der Waals surface area contributed by atoms with Crippen molar-refractivity contribution in [3.63, 3.8) is 0 Å². The van der Waals surface area contributed by atoms with Crippen LogP contribution in [0.4, 0.5) is 5.69 Å². The molecule has 5 rings (SSSR count). The summed E-state index contributed by atoms with van der Waals surface area (Å²) in [6.07, 6.45) is 6.85. The summed E-state index contributed by atoms with van der Waals surface area (Å²) < 4.78 is 7.03. The van der Waals surface area contributed by atoms with Gasteiger partial charge < -0.3 is 10.1 Å². The van der Waals surface area contributed by atoms with E-state index in [4.69, 9.17) is 4.74 Å². The van der Waals surface area contributed by atoms with Crippen LogP contribution >= 0.6 is 0 Å². The number of rotatable bonds is 6. The number of aromatic amines is 1. The molecule has 158 valence electrons. The van der Waals surface area contributed by atoms with E-state index in [0.29, 0.717) is 23.7 Å². The van der Waals surface area contributed by atoms with E-state index in [1.807, 2.05) is 54.6 Å². The molecule has 32 heavy (non-hydrogen) atoms. The zero-order valence-electron chi connectivity index (χ0n) is 17.3. The van der Waals surface area contributed by atoms with Gasteiger partial charge >= 0.3 is 0 Å². The Morgan fingerprint density at radius 1 is 1.06 bits per heavy atom. The Labute approximate surface area is 183 Å². The van der Waals surface area contributed by atoms with Gasteiger partial charge in [-0.2, -0.15) is 10.2 Å². The summed E-state index contributed by atoms with van der Waals surface area (Å²) in [5.41, 5.74) is 4.69. The molecule has 8 nitrogen and oxygen atoms in total. The average Bonchev–Trinajstić information content (AvgIpc) is 3.46. The molecule has 0 unspecified atom stereocenters. The van der Waals surface area contributed by atoms with Crippen LogP contribution < -0.4 is 10.1 Å². The molecule has 0 aliphatic heterocycles. The molecule has 0 radical (unpaired) electrons. The lowest BCUT2D eigenvalue weighted by molar-refractivity contribution is 0.102. The first-order valence-corrected chi connectivity index (χ1v) is 10.0. The molecule has 1 amide bonds. The zero-order valence-corrected chi connectivity index (χ0v) is 17.3. The van der Waals surface area contributed by atoms with Gasteiger partial charge in [0.2, 0.25) is 0 Å². The fraction of sp³-hybridized carbons (Fsp3) is 0.0833. The molecular formula is C24H20N6O2. The molecule has 0 bridgehead atoms. The highest BCUT2D eigenvalue weighted by molar-refractivity contribution is 6.11. The lowest BCUT2D eigenvalue weighted by atomic mass is 10.0. The number of hydrogen-bond acceptors (Lipinski definition) is 5. The van der Waals surface area contributed by atoms with E-state index < -0.39 is 0 Å². The predicted octanol–water partition coefficient (Wildman–Crippen LogP) is 4.13. The molecule has 2 aromatic carbocycles. The molecule has 0 spiro atoms. The van der Waals surface area contributed by atoms with Crippen molar-refractivity contribution in [3.8, 4) is 16.9 Å². The third-order valence-corrected chi connectivity index (χ3v) is 5.14. The number of pyridine rings is 1. The van der Waals surface area contributed by atoms with Crippen LogP contribution in [-0.2, 0) is 6.54 Å². The van der Waals surface area contributed by atoms with Crippen LogP contribution in [0.2, 0.25) is 0 Å². The van der Waals surface area contributed by atoms with E-state index in [1.54, 1.807) is 36.6 Å². The molecule has 0 aliphatic rings. The summed E-state index contributed by atoms with van der Waals surface area (Å²) in [5.74, 6) is 0.381. The summed E-state index contributed by atoms with van der Waals surface area (Å²) >= 11 is 0. The molecule has 2 N–H and O–H groups in total. The Bertz CT molecular complexity index is 1390. The average molecular weight is 424 g/mol. The number of benzene rings is 2. The zero-order chi connectivity index (χ0) is 21.9. The molecule has 0 saturated carbocycles. The van der Waals surface area contributed by atoms with Gasteiger partial charge in [-0.25, -0.2) is 0 Å². The predicted molar refractivity (Wildman–Crippen MR) is 122 cm³/mol. The van der Waals surface area contributed by atoms with Gasteiger partial charge in [-0.05, 0) is 29.3 Å². The first kappa shape index (κ1) is 19.5. The molecular weight excluding hydrogens is 404 g/mol. The minimum Gasteiger partial charge on any atom is -0.495 e. The van der Waals surface area contributed by atoms with Gasteiger partial charge in [-0.15, -0.1) is 0 Å². The highest BCUT2D eigenvalue weighted by atomic mass is 16.5. The Morgan fingerprint density at radius 2 is 1.94 bits per heavy atom. The van der Waals surface area contributed by atoms with Gasteiger partial charge in [0.25, 0.3) is 5.91 Å². The number of fused-ring (bicyclic) bond motifs is 1. The maximum Gasteiger partial charge on any atom is 0.276 e. The van der Waals surface area contributed by atoms with E-state index in [1.165, 1.54) is 0 Å². The molecule has 0 fully saturated rings. The number of H-pyrrole nitrogens is 1. The summed E-state index contributed by atoms with van der Waals surface area (Å²) in [6, 6.07) is 17.7. The minimum absolute atomic E-state index is 0.300. The van der Waals surface area contributed by atoms with Crippen LogP contribution in [0.5, 0.6) is 5.75 Å². The number of nitrogens with one attached hydrogen (secondary N) is 2. The summed E-state index contributed by atoms with van der Waals surface area (Å²) in [4.78, 5) is 17.0. The first-order valence-electron chi connectivity index (χ1n) is 10.0. The summed E-state index contributed by atoms with van der Waals surface area (Å²) in [6.45, 7) is 0.629. The van der Waals surface area contributed by atoms with E-state index in [9.17, 15) is 4.79 Å². The lowest BCUT2D eigenvalue weighted by Gasteiger charge is -2.04. The van der Waals surface area contributed by atoms with Gasteiger partial charge in [0.1, 0.15) is 5.75 Å². The Hall–Kier alpha value is -4.46. The van der Waals surface area contributed by atoms with Gasteiger partial charge in [0, 0.05) is 23.3 Å². The van der Waals surface area contributed by atoms with Gasteiger partial charge in [-0.1, -0.05) is 36.4 Å². The third kappa shape index (κ3) is 3.93. The highest BCUT2D eigenvalue weighted by Gasteiger charge is 2.16. The smallest absolute Gasteiger partial charge is 0.276 e. The van der Waals surface area contributed by atoms with Crippen molar-refractivity contribution in [3.05, 3.63) is 90.6 Å². The van der Waals surface area contributed by atoms with E-state index >= 15 is 0 Å². The summed E-state index contributed by atoms with van der Waals surface area (Å²) in [7, 11) is 1.61. The molecule has 3 aromatic heterocycles. The SMILES string of the molecule is COc1cncc(-c2ccc3c(C(=O)Nc4cnn(Cc5ccccc5)c4)n[nH]c3c2)c1. The van der Waals surface area contributed by atoms with Crippen LogP contribution in [0.3, 0.4) is 0 Å². The third-order valence-electron chi connectivity index (χ3n) is 5.14. The van der Waals surface area contributed by atoms with Crippen LogP contribution in [0.25, 0.3) is 22.0 Å². The number of nitrogens with zero attached hydrogens (tertiary/aromatic N) is 4. The fourth-order valence-electron chi connectivity index (χ4n) is 3.54. The number of hydrogen-bond donors (Lipinski definition) is 2. The van der Waals surface area contributed by atoms with Gasteiger partial charge in [-0.3, -0.25) is 19.6 Å². The first-order chi connectivity index (χ1) is 15.7. The number of aromatic nitrogens is 5. The van der Waals surface area contributed by atoms with Crippen LogP contribution in [-0.4, -0.2) is 38.0 Å². The van der Waals surface area contributed by atoms with Crippen LogP contribution in [0.15, 0.2) is 79.4 Å². The molecule has 0 atom stereocenters. The molecule has 0 aliphatic carbocycles. The maximum absolute atomic E-state index is 12.8. The number of methoxy groups -OCH3 is 1. The highest BCUT2D eigenvalue weighted by Crippen LogP contribution is 2.27. The van der Waals surface area contributed by atoms with E-state index in [-0.39, 0.29) is 5.91 Å². The second-order valence-corrected chi connectivity index (χ2v) is 7.31. The van der Waals surface area contributed by atoms with E-state index in [0.717, 1.165) is 27.6 Å². The van der Waals surface area contributed by atoms with Crippen molar-refractivity contribution in [2.75, 3.05) is 12.4 Å². The van der Waals surface area contributed by atoms with Crippen molar-refractivity contribution in [2.24, 2.45) is 0 Å². The Balaban J connectivity index is 1.34. The fourth-order valence-corrected chi connectivity index (χ4v) is 3.54. The van der Waals surface area contributed by atoms with Crippen LogP contribution in [0, 0.1) is 0 Å². The largest absolute Gasteiger partial charge is 0.495 e. The quantitative estimate of drug-likeness (QED) is 0.427. The second-order valence-electron chi connectivity index (χ2n) is 7.31. The lowest BCUT2D eigenvalue weighted by Crippen LogP contribution is -2.12. The standard InChI is InChI=1S/C24H20N6O2/c1-32-20-9-18(11-25-13-20)17-7-8-21-22(10-17)28-29-23(21)24(31)27-19-12-26-30(15-19)14-16-5-3-2-4-6-16/h2-13,15H,14H2,1H3,(H,27,31)(H,28,29). The monoisotopic (exact) mass is 424 g/mol. The molecule has 0 saturated heterocycles. The molecule has 5 aromatic rings. The number of ether oxygens (including phenoxy) is 1. The summed E-state index contributed by atoms with van der Waals surface area (Å²) in [5, 5.41) is 15.1. The van der Waals surface area contributed by atoms with Crippen molar-refractivity contribution in [2.45, 2.75) is 6.54 Å². The second kappa shape index (κ2) is 8.35. The van der Waals surface area contributed by atoms with Gasteiger partial charge in [0.15, 0.2) is 5.69 Å². The number of amides is 1. The van der Waals surface area contributed by atoms with Gasteiger partial charge in [0.05, 0.1) is 37.3 Å². The number of carbonyl (C=O) groups is 1. The van der Waals surface area contributed by atoms with Crippen molar-refractivity contribution < 1.29 is 9.53 Å². The number of anilines is 1. The molecule has 3 heterocycles. The Kier molecular flexibility index (Phi) is 5.09. The normalized spacial score (nSPS) is 10.9. The minimum atomic E-state index is -0.300. The van der Waals surface area contributed by atoms with Crippen molar-refractivity contribution in [1.82, 2.24) is 25.0 Å². The van der Waals surface area contributed by atoms with E-state index in [2.05, 4.69) is 25.6 Å². The maximum atomic E-state index is 12.8. The van der Waals surface area contributed by atoms with Crippen LogP contribution in [0.1, 0.15) is 16.1 Å². The van der Waals surface area contributed by atoms with Crippen molar-refractivity contribution >= 4 is 22.5 Å². The Morgan fingerprint density at radius 3 is 2.78 bits per heavy atom. The molecule has 8 heteroatoms. The number of carbonyl (C=O) groups excluding carboxylic acids is 1.